The van der Waals surface area contributed by atoms with Gasteiger partial charge in [-0.05, 0) is 67.1 Å². The monoisotopic (exact) mass is 522 g/mol. The fourth-order valence-corrected chi connectivity index (χ4v) is 5.38. The van der Waals surface area contributed by atoms with Gasteiger partial charge in [0.05, 0.1) is 24.1 Å². The Balaban J connectivity index is 1.45. The minimum Gasteiger partial charge on any atom is -0.491 e. The molecule has 0 atom stereocenters. The fraction of sp³-hybridized carbons (Fsp3) is 0.259. The van der Waals surface area contributed by atoms with Crippen LogP contribution in [0.5, 0.6) is 5.75 Å². The van der Waals surface area contributed by atoms with Crippen LogP contribution in [-0.4, -0.2) is 55.6 Å². The van der Waals surface area contributed by atoms with E-state index >= 15 is 0 Å². The molecule has 0 spiro atoms. The third-order valence-corrected chi connectivity index (χ3v) is 7.63. The topological polar surface area (TPSA) is 104 Å². The Labute approximate surface area is 214 Å². The molecular weight excluding hydrogens is 495 g/mol. The number of hydrogen-bond acceptors (Lipinski definition) is 6. The Hall–Kier alpha value is -3.76. The number of amides is 1. The van der Waals surface area contributed by atoms with Gasteiger partial charge in [-0.3, -0.25) is 4.79 Å². The number of fused-ring (bicyclic) bond motifs is 2. The molecule has 1 aromatic heterocycles. The third-order valence-electron chi connectivity index (χ3n) is 6.52. The lowest BCUT2D eigenvalue weighted by molar-refractivity contribution is 0.0731. The molecule has 2 N–H and O–H groups in total. The molecular formula is C27H27FN4O4S. The van der Waals surface area contributed by atoms with Crippen molar-refractivity contribution in [2.45, 2.75) is 24.9 Å². The molecule has 8 nitrogen and oxygen atoms in total. The summed E-state index contributed by atoms with van der Waals surface area (Å²) < 4.78 is 44.4. The zero-order chi connectivity index (χ0) is 26.3. The highest BCUT2D eigenvalue weighted by Gasteiger charge is 2.26. The molecule has 3 aromatic carbocycles. The standard InChI is InChI=1S/C27H27FN4O4S/c1-16-20(6-9-24(26(16)28)37(3,34)35)27(33)32-10-11-36-23-8-5-17(12-19(23)15-32)18-4-7-21-22(13-18)31-25(30-21)14-29-2/h4-9,12-13,29H,10-11,14-15H2,1-3H3,(H,30,31). The zero-order valence-electron chi connectivity index (χ0n) is 20.8. The van der Waals surface area contributed by atoms with Gasteiger partial charge in [0.2, 0.25) is 0 Å². The lowest BCUT2D eigenvalue weighted by Crippen LogP contribution is -2.33. The van der Waals surface area contributed by atoms with Crippen molar-refractivity contribution in [3.63, 3.8) is 0 Å². The van der Waals surface area contributed by atoms with Crippen molar-refractivity contribution in [1.82, 2.24) is 20.2 Å². The number of aromatic nitrogens is 2. The second-order valence-corrected chi connectivity index (χ2v) is 11.1. The van der Waals surface area contributed by atoms with E-state index in [1.165, 1.54) is 13.0 Å². The molecule has 1 aliphatic heterocycles. The number of halogens is 1. The van der Waals surface area contributed by atoms with E-state index in [1.807, 2.05) is 43.4 Å². The molecule has 10 heteroatoms. The number of H-pyrrole nitrogens is 1. The lowest BCUT2D eigenvalue weighted by Gasteiger charge is -2.21. The smallest absolute Gasteiger partial charge is 0.254 e. The van der Waals surface area contributed by atoms with Crippen LogP contribution in [0.4, 0.5) is 4.39 Å². The van der Waals surface area contributed by atoms with Crippen LogP contribution < -0.4 is 10.1 Å². The van der Waals surface area contributed by atoms with Crippen LogP contribution in [-0.2, 0) is 22.9 Å². The van der Waals surface area contributed by atoms with Crippen molar-refractivity contribution >= 4 is 26.8 Å². The minimum atomic E-state index is -3.75. The van der Waals surface area contributed by atoms with Crippen molar-refractivity contribution in [3.8, 4) is 16.9 Å². The average Bonchev–Trinajstić information content (AvgIpc) is 3.13. The van der Waals surface area contributed by atoms with Crippen LogP contribution in [0, 0.1) is 12.7 Å². The number of rotatable bonds is 5. The maximum absolute atomic E-state index is 14.8. The number of sulfone groups is 1. The maximum atomic E-state index is 14.8. The summed E-state index contributed by atoms with van der Waals surface area (Å²) in [5.41, 5.74) is 4.74. The van der Waals surface area contributed by atoms with E-state index < -0.39 is 20.5 Å². The molecule has 0 aliphatic carbocycles. The van der Waals surface area contributed by atoms with Crippen LogP contribution in [0.3, 0.4) is 0 Å². The molecule has 0 fully saturated rings. The normalized spacial score (nSPS) is 13.8. The summed E-state index contributed by atoms with van der Waals surface area (Å²) in [7, 11) is -1.88. The predicted molar refractivity (Wildman–Crippen MR) is 139 cm³/mol. The number of hydrogen-bond donors (Lipinski definition) is 2. The SMILES string of the molecule is CNCc1nc2ccc(-c3ccc4c(c3)CN(C(=O)c3ccc(S(C)(=O)=O)c(F)c3C)CCO4)cc2[nH]1. The van der Waals surface area contributed by atoms with Crippen LogP contribution in [0.1, 0.15) is 27.3 Å². The summed E-state index contributed by atoms with van der Waals surface area (Å²) in [5.74, 6) is 0.271. The van der Waals surface area contributed by atoms with Gasteiger partial charge in [0, 0.05) is 23.9 Å². The summed E-state index contributed by atoms with van der Waals surface area (Å²) in [4.78, 5) is 22.5. The summed E-state index contributed by atoms with van der Waals surface area (Å²) in [5, 5.41) is 3.08. The van der Waals surface area contributed by atoms with Gasteiger partial charge in [-0.2, -0.15) is 0 Å². The number of benzene rings is 3. The number of aromatic amines is 1. The van der Waals surface area contributed by atoms with E-state index in [1.54, 1.807) is 4.90 Å². The first-order chi connectivity index (χ1) is 17.7. The number of nitrogens with zero attached hydrogens (tertiary/aromatic N) is 2. The molecule has 5 rings (SSSR count). The zero-order valence-corrected chi connectivity index (χ0v) is 21.6. The largest absolute Gasteiger partial charge is 0.491 e. The van der Waals surface area contributed by atoms with E-state index in [0.29, 0.717) is 18.8 Å². The number of carbonyl (C=O) groups excluding carboxylic acids is 1. The molecule has 192 valence electrons. The van der Waals surface area contributed by atoms with E-state index in [2.05, 4.69) is 15.3 Å². The van der Waals surface area contributed by atoms with Gasteiger partial charge in [-0.15, -0.1) is 0 Å². The lowest BCUT2D eigenvalue weighted by atomic mass is 10.0. The van der Waals surface area contributed by atoms with Crippen LogP contribution in [0.2, 0.25) is 0 Å². The second-order valence-electron chi connectivity index (χ2n) is 9.17. The minimum absolute atomic E-state index is 0.0116. The van der Waals surface area contributed by atoms with Gasteiger partial charge in [-0.1, -0.05) is 12.1 Å². The Bertz CT molecular complexity index is 1630. The summed E-state index contributed by atoms with van der Waals surface area (Å²) in [6, 6.07) is 14.4. The molecule has 0 saturated heterocycles. The summed E-state index contributed by atoms with van der Waals surface area (Å²) in [6.07, 6.45) is 0.943. The van der Waals surface area contributed by atoms with Gasteiger partial charge >= 0.3 is 0 Å². The highest BCUT2D eigenvalue weighted by atomic mass is 32.2. The molecule has 0 bridgehead atoms. The first-order valence-electron chi connectivity index (χ1n) is 11.8. The Morgan fingerprint density at radius 2 is 1.92 bits per heavy atom. The third kappa shape index (κ3) is 4.82. The highest BCUT2D eigenvalue weighted by molar-refractivity contribution is 7.90. The fourth-order valence-electron chi connectivity index (χ4n) is 4.59. The number of carbonyl (C=O) groups is 1. The first-order valence-corrected chi connectivity index (χ1v) is 13.7. The van der Waals surface area contributed by atoms with Crippen LogP contribution in [0.15, 0.2) is 53.4 Å². The van der Waals surface area contributed by atoms with Gasteiger partial charge in [0.25, 0.3) is 5.91 Å². The highest BCUT2D eigenvalue weighted by Crippen LogP contribution is 2.31. The van der Waals surface area contributed by atoms with E-state index in [-0.39, 0.29) is 30.2 Å². The molecule has 4 aromatic rings. The van der Waals surface area contributed by atoms with Crippen molar-refractivity contribution in [1.29, 1.82) is 0 Å². The molecule has 2 heterocycles. The molecule has 0 saturated carbocycles. The Morgan fingerprint density at radius 3 is 2.68 bits per heavy atom. The number of ether oxygens (including phenoxy) is 1. The van der Waals surface area contributed by atoms with Gasteiger partial charge in [-0.25, -0.2) is 17.8 Å². The van der Waals surface area contributed by atoms with Crippen LogP contribution >= 0.6 is 0 Å². The number of imidazole rings is 1. The molecule has 37 heavy (non-hydrogen) atoms. The Morgan fingerprint density at radius 1 is 1.16 bits per heavy atom. The first kappa shape index (κ1) is 24.9. The average molecular weight is 523 g/mol. The second kappa shape index (κ2) is 9.60. The molecule has 0 unspecified atom stereocenters. The van der Waals surface area contributed by atoms with Crippen molar-refractivity contribution in [2.24, 2.45) is 0 Å². The van der Waals surface area contributed by atoms with E-state index in [9.17, 15) is 17.6 Å². The number of nitrogens with one attached hydrogen (secondary N) is 2. The van der Waals surface area contributed by atoms with Crippen molar-refractivity contribution in [2.75, 3.05) is 26.5 Å². The van der Waals surface area contributed by atoms with Gasteiger partial charge in [0.1, 0.15) is 28.9 Å². The Kier molecular flexibility index (Phi) is 6.47. The van der Waals surface area contributed by atoms with Crippen LogP contribution in [0.25, 0.3) is 22.2 Å². The van der Waals surface area contributed by atoms with E-state index in [4.69, 9.17) is 4.74 Å². The maximum Gasteiger partial charge on any atom is 0.254 e. The molecule has 1 aliphatic rings. The quantitative estimate of drug-likeness (QED) is 0.413. The van der Waals surface area contributed by atoms with Gasteiger partial charge < -0.3 is 19.9 Å². The summed E-state index contributed by atoms with van der Waals surface area (Å²) in [6.45, 7) is 2.94. The van der Waals surface area contributed by atoms with Crippen molar-refractivity contribution in [3.05, 3.63) is 76.9 Å². The summed E-state index contributed by atoms with van der Waals surface area (Å²) >= 11 is 0. The van der Waals surface area contributed by atoms with E-state index in [0.717, 1.165) is 45.9 Å². The van der Waals surface area contributed by atoms with Crippen molar-refractivity contribution < 1.29 is 22.3 Å². The molecule has 0 radical (unpaired) electrons. The predicted octanol–water partition coefficient (Wildman–Crippen LogP) is 3.84. The van der Waals surface area contributed by atoms with Gasteiger partial charge in [0.15, 0.2) is 9.84 Å². The molecule has 1 amide bonds.